The molecule has 1 nitrogen and oxygen atoms in total. The molecule has 0 heterocycles. The predicted octanol–water partition coefficient (Wildman–Crippen LogP) is 2.93. The highest BCUT2D eigenvalue weighted by molar-refractivity contribution is 5.02. The van der Waals surface area contributed by atoms with Crippen molar-refractivity contribution in [2.45, 2.75) is 46.6 Å². The number of rotatable bonds is 2. The van der Waals surface area contributed by atoms with Gasteiger partial charge in [-0.05, 0) is 48.3 Å². The second kappa shape index (κ2) is 3.52. The molecule has 2 bridgehead atoms. The van der Waals surface area contributed by atoms with Crippen LogP contribution in [0, 0.1) is 35.5 Å². The zero-order valence-electron chi connectivity index (χ0n) is 9.90. The summed E-state index contributed by atoms with van der Waals surface area (Å²) in [7, 11) is 0. The second-order valence-electron chi connectivity index (χ2n) is 6.12. The average molecular weight is 196 g/mol. The Morgan fingerprint density at radius 3 is 2.07 bits per heavy atom. The van der Waals surface area contributed by atoms with Gasteiger partial charge in [-0.1, -0.05) is 27.7 Å². The summed E-state index contributed by atoms with van der Waals surface area (Å²) in [4.78, 5) is 0. The topological polar surface area (TPSA) is 20.2 Å². The van der Waals surface area contributed by atoms with Gasteiger partial charge in [-0.2, -0.15) is 0 Å². The SMILES string of the molecule is CC(C)C1CC2CC1C(O)C2C(C)C. The summed E-state index contributed by atoms with van der Waals surface area (Å²) in [6.07, 6.45) is 2.68. The molecule has 14 heavy (non-hydrogen) atoms. The molecular weight excluding hydrogens is 172 g/mol. The van der Waals surface area contributed by atoms with E-state index in [1.54, 1.807) is 0 Å². The van der Waals surface area contributed by atoms with E-state index in [0.717, 1.165) is 17.8 Å². The minimum Gasteiger partial charge on any atom is -0.393 e. The van der Waals surface area contributed by atoms with Crippen molar-refractivity contribution < 1.29 is 5.11 Å². The zero-order chi connectivity index (χ0) is 10.5. The van der Waals surface area contributed by atoms with Gasteiger partial charge in [0.1, 0.15) is 0 Å². The molecular formula is C13H24O. The van der Waals surface area contributed by atoms with Gasteiger partial charge >= 0.3 is 0 Å². The fourth-order valence-electron chi connectivity index (χ4n) is 4.12. The van der Waals surface area contributed by atoms with Crippen LogP contribution in [0.15, 0.2) is 0 Å². The zero-order valence-corrected chi connectivity index (χ0v) is 9.90. The Labute approximate surface area is 87.9 Å². The summed E-state index contributed by atoms with van der Waals surface area (Å²) < 4.78 is 0. The van der Waals surface area contributed by atoms with Crippen LogP contribution in [0.25, 0.3) is 0 Å². The molecule has 0 amide bonds. The van der Waals surface area contributed by atoms with Crippen molar-refractivity contribution >= 4 is 0 Å². The van der Waals surface area contributed by atoms with Gasteiger partial charge < -0.3 is 5.11 Å². The van der Waals surface area contributed by atoms with E-state index >= 15 is 0 Å². The fraction of sp³-hybridized carbons (Fsp3) is 1.00. The van der Waals surface area contributed by atoms with Crippen molar-refractivity contribution in [1.82, 2.24) is 0 Å². The van der Waals surface area contributed by atoms with Crippen LogP contribution >= 0.6 is 0 Å². The number of fused-ring (bicyclic) bond motifs is 2. The molecule has 5 unspecified atom stereocenters. The largest absolute Gasteiger partial charge is 0.393 e. The Morgan fingerprint density at radius 1 is 1.00 bits per heavy atom. The van der Waals surface area contributed by atoms with Crippen molar-refractivity contribution in [3.8, 4) is 0 Å². The number of hydrogen-bond donors (Lipinski definition) is 1. The highest BCUT2D eigenvalue weighted by Crippen LogP contribution is 2.55. The number of aliphatic hydroxyl groups is 1. The first kappa shape index (κ1) is 10.5. The molecule has 1 N–H and O–H groups in total. The third-order valence-electron chi connectivity index (χ3n) is 4.70. The summed E-state index contributed by atoms with van der Waals surface area (Å²) in [6.45, 7) is 9.14. The molecule has 2 rings (SSSR count). The molecule has 0 aromatic carbocycles. The Hall–Kier alpha value is -0.0400. The number of hydrogen-bond acceptors (Lipinski definition) is 1. The summed E-state index contributed by atoms with van der Waals surface area (Å²) in [5.74, 6) is 4.25. The van der Waals surface area contributed by atoms with Crippen molar-refractivity contribution in [3.05, 3.63) is 0 Å². The number of aliphatic hydroxyl groups excluding tert-OH is 1. The van der Waals surface area contributed by atoms with Gasteiger partial charge in [0.15, 0.2) is 0 Å². The van der Waals surface area contributed by atoms with Crippen LogP contribution in [0.2, 0.25) is 0 Å². The maximum atomic E-state index is 10.3. The van der Waals surface area contributed by atoms with E-state index in [4.69, 9.17) is 0 Å². The van der Waals surface area contributed by atoms with E-state index in [9.17, 15) is 5.11 Å². The Bertz CT molecular complexity index is 207. The highest BCUT2D eigenvalue weighted by Gasteiger charge is 2.53. The second-order valence-corrected chi connectivity index (χ2v) is 6.12. The Kier molecular flexibility index (Phi) is 2.63. The average Bonchev–Trinajstić information content (AvgIpc) is 2.59. The van der Waals surface area contributed by atoms with E-state index < -0.39 is 0 Å². The summed E-state index contributed by atoms with van der Waals surface area (Å²) >= 11 is 0. The van der Waals surface area contributed by atoms with Crippen LogP contribution < -0.4 is 0 Å². The lowest BCUT2D eigenvalue weighted by Gasteiger charge is -2.36. The lowest BCUT2D eigenvalue weighted by Crippen LogP contribution is -2.37. The molecule has 82 valence electrons. The maximum absolute atomic E-state index is 10.3. The summed E-state index contributed by atoms with van der Waals surface area (Å²) in [6, 6.07) is 0. The van der Waals surface area contributed by atoms with Crippen LogP contribution in [0.3, 0.4) is 0 Å². The molecule has 0 aromatic rings. The van der Waals surface area contributed by atoms with Crippen LogP contribution in [0.4, 0.5) is 0 Å². The monoisotopic (exact) mass is 196 g/mol. The minimum absolute atomic E-state index is 0.00106. The lowest BCUT2D eigenvalue weighted by atomic mass is 9.72. The van der Waals surface area contributed by atoms with Crippen molar-refractivity contribution in [2.75, 3.05) is 0 Å². The molecule has 0 radical (unpaired) electrons. The normalized spacial score (nSPS) is 46.9. The van der Waals surface area contributed by atoms with Crippen molar-refractivity contribution in [2.24, 2.45) is 35.5 Å². The van der Waals surface area contributed by atoms with Crippen LogP contribution in [0.1, 0.15) is 40.5 Å². The maximum Gasteiger partial charge on any atom is 0.0604 e. The summed E-state index contributed by atoms with van der Waals surface area (Å²) in [5.41, 5.74) is 0. The van der Waals surface area contributed by atoms with Gasteiger partial charge in [0.05, 0.1) is 6.10 Å². The molecule has 2 aliphatic carbocycles. The van der Waals surface area contributed by atoms with E-state index in [-0.39, 0.29) is 6.10 Å². The van der Waals surface area contributed by atoms with E-state index in [1.165, 1.54) is 12.8 Å². The minimum atomic E-state index is 0.00106. The van der Waals surface area contributed by atoms with Gasteiger partial charge in [0.25, 0.3) is 0 Å². The van der Waals surface area contributed by atoms with Crippen LogP contribution in [-0.2, 0) is 0 Å². The van der Waals surface area contributed by atoms with E-state index in [2.05, 4.69) is 27.7 Å². The third kappa shape index (κ3) is 1.41. The molecule has 2 fully saturated rings. The molecule has 2 aliphatic rings. The van der Waals surface area contributed by atoms with Gasteiger partial charge in [-0.15, -0.1) is 0 Å². The van der Waals surface area contributed by atoms with E-state index in [1.807, 2.05) is 0 Å². The van der Waals surface area contributed by atoms with Crippen LogP contribution in [0.5, 0.6) is 0 Å². The molecule has 2 saturated carbocycles. The van der Waals surface area contributed by atoms with E-state index in [0.29, 0.717) is 17.8 Å². The smallest absolute Gasteiger partial charge is 0.0604 e. The highest BCUT2D eigenvalue weighted by atomic mass is 16.3. The quantitative estimate of drug-likeness (QED) is 0.720. The molecule has 0 aromatic heterocycles. The third-order valence-corrected chi connectivity index (χ3v) is 4.70. The Balaban J connectivity index is 2.10. The van der Waals surface area contributed by atoms with Gasteiger partial charge in [-0.3, -0.25) is 0 Å². The lowest BCUT2D eigenvalue weighted by molar-refractivity contribution is 0.000407. The summed E-state index contributed by atoms with van der Waals surface area (Å²) in [5, 5.41) is 10.3. The standard InChI is InChI=1S/C13H24O/c1-7(2)10-5-9-6-11(10)13(14)12(9)8(3)4/h7-14H,5-6H2,1-4H3. The van der Waals surface area contributed by atoms with Gasteiger partial charge in [0, 0.05) is 0 Å². The first-order valence-corrected chi connectivity index (χ1v) is 6.20. The predicted molar refractivity (Wildman–Crippen MR) is 58.9 cm³/mol. The molecule has 5 atom stereocenters. The van der Waals surface area contributed by atoms with Gasteiger partial charge in [0.2, 0.25) is 0 Å². The first-order valence-electron chi connectivity index (χ1n) is 6.20. The molecule has 1 heteroatoms. The van der Waals surface area contributed by atoms with Crippen molar-refractivity contribution in [1.29, 1.82) is 0 Å². The Morgan fingerprint density at radius 2 is 1.64 bits per heavy atom. The molecule has 0 aliphatic heterocycles. The fourth-order valence-corrected chi connectivity index (χ4v) is 4.12. The molecule has 0 saturated heterocycles. The van der Waals surface area contributed by atoms with Gasteiger partial charge in [-0.25, -0.2) is 0 Å². The van der Waals surface area contributed by atoms with Crippen LogP contribution in [-0.4, -0.2) is 11.2 Å². The van der Waals surface area contributed by atoms with Crippen molar-refractivity contribution in [3.63, 3.8) is 0 Å². The first-order chi connectivity index (χ1) is 6.52. The molecule has 0 spiro atoms.